The smallest absolute Gasteiger partial charge is 0.251 e. The summed E-state index contributed by atoms with van der Waals surface area (Å²) in [5, 5.41) is 16.3. The molecule has 0 fully saturated rings. The molecule has 1 atom stereocenters. The molecule has 2 amide bonds. The molecule has 0 aromatic heterocycles. The minimum atomic E-state index is -1.29. The summed E-state index contributed by atoms with van der Waals surface area (Å²) >= 11 is 0. The van der Waals surface area contributed by atoms with Gasteiger partial charge in [-0.3, -0.25) is 9.59 Å². The number of amides is 2. The summed E-state index contributed by atoms with van der Waals surface area (Å²) in [6.07, 6.45) is -0.384. The van der Waals surface area contributed by atoms with Crippen LogP contribution in [0.15, 0.2) is 47.5 Å². The number of aryl methyl sites for hydroxylation is 2. The fourth-order valence-corrected chi connectivity index (χ4v) is 2.91. The number of carboxylic acid groups (broad SMARTS) is 1. The molecule has 9 nitrogen and oxygen atoms in total. The second kappa shape index (κ2) is 10.1. The van der Waals surface area contributed by atoms with Gasteiger partial charge in [-0.2, -0.15) is 0 Å². The Morgan fingerprint density at radius 1 is 1.10 bits per heavy atom. The van der Waals surface area contributed by atoms with E-state index in [0.717, 1.165) is 11.1 Å². The van der Waals surface area contributed by atoms with Gasteiger partial charge < -0.3 is 32.0 Å². The fraction of sp³-hybridized carbons (Fsp3) is 0.238. The third-order valence-corrected chi connectivity index (χ3v) is 4.29. The lowest BCUT2D eigenvalue weighted by Crippen LogP contribution is -2.40. The number of hydrogen-bond acceptors (Lipinski definition) is 5. The first-order chi connectivity index (χ1) is 14.2. The van der Waals surface area contributed by atoms with Crippen LogP contribution in [-0.4, -0.2) is 30.3 Å². The van der Waals surface area contributed by atoms with E-state index in [1.807, 2.05) is 32.0 Å². The quantitative estimate of drug-likeness (QED) is 0.352. The Morgan fingerprint density at radius 2 is 1.83 bits per heavy atom. The number of guanidine groups is 1. The van der Waals surface area contributed by atoms with Crippen molar-refractivity contribution in [3.63, 3.8) is 0 Å². The van der Waals surface area contributed by atoms with Crippen molar-refractivity contribution in [2.24, 2.45) is 16.5 Å². The zero-order valence-corrected chi connectivity index (χ0v) is 16.8. The third kappa shape index (κ3) is 6.62. The predicted molar refractivity (Wildman–Crippen MR) is 111 cm³/mol. The molecule has 2 aromatic carbocycles. The Kier molecular flexibility index (Phi) is 7.51. The van der Waals surface area contributed by atoms with Gasteiger partial charge in [-0.05, 0) is 43.2 Å². The normalized spacial score (nSPS) is 11.3. The maximum absolute atomic E-state index is 12.4. The van der Waals surface area contributed by atoms with Crippen LogP contribution >= 0.6 is 0 Å². The third-order valence-electron chi connectivity index (χ3n) is 4.29. The number of nitrogens with zero attached hydrogens (tertiary/aromatic N) is 1. The molecule has 2 rings (SSSR count). The van der Waals surface area contributed by atoms with Crippen LogP contribution in [0, 0.1) is 13.8 Å². The van der Waals surface area contributed by atoms with Gasteiger partial charge in [0.25, 0.3) is 5.91 Å². The minimum absolute atomic E-state index is 0.141. The number of aliphatic imine (C=N–C) groups is 1. The molecule has 2 aromatic rings. The van der Waals surface area contributed by atoms with Crippen molar-refractivity contribution in [1.82, 2.24) is 10.6 Å². The number of nitrogens with two attached hydrogens (primary N) is 2. The topological polar surface area (TPSA) is 163 Å². The van der Waals surface area contributed by atoms with Crippen molar-refractivity contribution in [2.45, 2.75) is 26.3 Å². The number of carbonyl (C=O) groups excluding carboxylic acids is 3. The number of rotatable bonds is 8. The summed E-state index contributed by atoms with van der Waals surface area (Å²) in [6, 6.07) is 11.0. The molecule has 0 heterocycles. The van der Waals surface area contributed by atoms with E-state index in [1.54, 1.807) is 18.2 Å². The second-order valence-electron chi connectivity index (χ2n) is 6.83. The number of hydrogen-bond donors (Lipinski definition) is 4. The van der Waals surface area contributed by atoms with Gasteiger partial charge in [-0.15, -0.1) is 0 Å². The van der Waals surface area contributed by atoms with Crippen LogP contribution in [-0.2, 0) is 9.59 Å². The van der Waals surface area contributed by atoms with Crippen molar-refractivity contribution in [1.29, 1.82) is 0 Å². The Morgan fingerprint density at radius 3 is 2.50 bits per heavy atom. The predicted octanol–water partition coefficient (Wildman–Crippen LogP) is -0.0644. The Bertz CT molecular complexity index is 983. The molecule has 0 saturated carbocycles. The number of aliphatic carboxylic acids is 1. The van der Waals surface area contributed by atoms with Crippen molar-refractivity contribution in [3.8, 4) is 0 Å². The van der Waals surface area contributed by atoms with Gasteiger partial charge in [0.1, 0.15) is 0 Å². The standard InChI is InChI=1S/C21H25N5O4/c1-12-6-7-13(2)16(8-12)17(10-19(28)29)26-18(27)11-24-20(30)14-4-3-5-15(9-14)25-21(22)23/h3-9,17H,10-11H2,1-2H3,(H,24,30)(H,26,27)(H,28,29)(H4,22,23,25)/p-1. The first-order valence-electron chi connectivity index (χ1n) is 9.20. The highest BCUT2D eigenvalue weighted by Gasteiger charge is 2.18. The minimum Gasteiger partial charge on any atom is -0.550 e. The van der Waals surface area contributed by atoms with Crippen molar-refractivity contribution >= 4 is 29.4 Å². The number of carboxylic acids is 1. The second-order valence-corrected chi connectivity index (χ2v) is 6.83. The summed E-state index contributed by atoms with van der Waals surface area (Å²) in [5.41, 5.74) is 13.8. The molecule has 0 bridgehead atoms. The monoisotopic (exact) mass is 410 g/mol. The molecule has 0 aliphatic rings. The molecule has 30 heavy (non-hydrogen) atoms. The summed E-state index contributed by atoms with van der Waals surface area (Å²) in [6.45, 7) is 3.37. The lowest BCUT2D eigenvalue weighted by Gasteiger charge is -2.22. The highest BCUT2D eigenvalue weighted by Crippen LogP contribution is 2.22. The maximum atomic E-state index is 12.4. The molecule has 158 valence electrons. The Hall–Kier alpha value is -3.88. The highest BCUT2D eigenvalue weighted by atomic mass is 16.4. The first-order valence-corrected chi connectivity index (χ1v) is 9.20. The Balaban J connectivity index is 2.05. The summed E-state index contributed by atoms with van der Waals surface area (Å²) in [7, 11) is 0. The zero-order chi connectivity index (χ0) is 22.3. The fourth-order valence-electron chi connectivity index (χ4n) is 2.91. The van der Waals surface area contributed by atoms with Gasteiger partial charge in [-0.25, -0.2) is 4.99 Å². The van der Waals surface area contributed by atoms with Gasteiger partial charge in [0.15, 0.2) is 5.96 Å². The van der Waals surface area contributed by atoms with E-state index in [2.05, 4.69) is 15.6 Å². The summed E-state index contributed by atoms with van der Waals surface area (Å²) in [4.78, 5) is 39.7. The van der Waals surface area contributed by atoms with Crippen LogP contribution in [0.4, 0.5) is 5.69 Å². The summed E-state index contributed by atoms with van der Waals surface area (Å²) in [5.74, 6) is -2.46. The van der Waals surface area contributed by atoms with E-state index < -0.39 is 23.8 Å². The first kappa shape index (κ1) is 22.4. The summed E-state index contributed by atoms with van der Waals surface area (Å²) < 4.78 is 0. The van der Waals surface area contributed by atoms with Crippen LogP contribution < -0.4 is 27.2 Å². The van der Waals surface area contributed by atoms with Crippen LogP contribution in [0.25, 0.3) is 0 Å². The molecule has 0 saturated heterocycles. The molecule has 0 aliphatic carbocycles. The molecule has 0 aliphatic heterocycles. The van der Waals surface area contributed by atoms with E-state index >= 15 is 0 Å². The maximum Gasteiger partial charge on any atom is 0.251 e. The Labute approximate surface area is 174 Å². The van der Waals surface area contributed by atoms with E-state index in [0.29, 0.717) is 11.3 Å². The van der Waals surface area contributed by atoms with Gasteiger partial charge in [-0.1, -0.05) is 29.8 Å². The van der Waals surface area contributed by atoms with E-state index in [9.17, 15) is 19.5 Å². The molecule has 1 unspecified atom stereocenters. The van der Waals surface area contributed by atoms with Crippen LogP contribution in [0.2, 0.25) is 0 Å². The van der Waals surface area contributed by atoms with Gasteiger partial charge in [0, 0.05) is 18.0 Å². The van der Waals surface area contributed by atoms with Crippen molar-refractivity contribution in [2.75, 3.05) is 6.54 Å². The van der Waals surface area contributed by atoms with Crippen LogP contribution in [0.1, 0.15) is 39.5 Å². The highest BCUT2D eigenvalue weighted by molar-refractivity contribution is 5.97. The van der Waals surface area contributed by atoms with Crippen molar-refractivity contribution < 1.29 is 19.5 Å². The van der Waals surface area contributed by atoms with Gasteiger partial charge in [0.2, 0.25) is 5.91 Å². The van der Waals surface area contributed by atoms with Crippen LogP contribution in [0.5, 0.6) is 0 Å². The molecule has 9 heteroatoms. The SMILES string of the molecule is Cc1ccc(C)c(C(CC(=O)[O-])NC(=O)CNC(=O)c2cccc(N=C(N)N)c2)c1. The van der Waals surface area contributed by atoms with Crippen molar-refractivity contribution in [3.05, 3.63) is 64.7 Å². The average Bonchev–Trinajstić information content (AvgIpc) is 2.67. The molecular formula is C21H24N5O4-. The number of nitrogens with one attached hydrogen (secondary N) is 2. The molecule has 0 radical (unpaired) electrons. The van der Waals surface area contributed by atoms with Gasteiger partial charge in [0.05, 0.1) is 18.3 Å². The zero-order valence-electron chi connectivity index (χ0n) is 16.8. The lowest BCUT2D eigenvalue weighted by atomic mass is 9.96. The van der Waals surface area contributed by atoms with Crippen LogP contribution in [0.3, 0.4) is 0 Å². The van der Waals surface area contributed by atoms with Gasteiger partial charge >= 0.3 is 0 Å². The van der Waals surface area contributed by atoms with E-state index in [-0.39, 0.29) is 24.5 Å². The number of benzene rings is 2. The molecular weight excluding hydrogens is 386 g/mol. The van der Waals surface area contributed by atoms with E-state index in [4.69, 9.17) is 11.5 Å². The molecule has 0 spiro atoms. The number of carbonyl (C=O) groups is 3. The average molecular weight is 410 g/mol. The largest absolute Gasteiger partial charge is 0.550 e. The molecule has 6 N–H and O–H groups in total. The van der Waals surface area contributed by atoms with E-state index in [1.165, 1.54) is 6.07 Å². The lowest BCUT2D eigenvalue weighted by molar-refractivity contribution is -0.306.